The van der Waals surface area contributed by atoms with Gasteiger partial charge >= 0.3 is 119 Å². The fourth-order valence-electron chi connectivity index (χ4n) is 1.99. The molecule has 0 spiro atoms. The summed E-state index contributed by atoms with van der Waals surface area (Å²) in [6.07, 6.45) is 11.1. The third-order valence-corrected chi connectivity index (χ3v) is 6.61. The minimum atomic E-state index is -1.89. The molecule has 0 rings (SSSR count). The fourth-order valence-corrected chi connectivity index (χ4v) is 4.44. The number of aliphatic hydroxyl groups is 2. The molecule has 0 fully saturated rings. The second kappa shape index (κ2) is 10.2. The summed E-state index contributed by atoms with van der Waals surface area (Å²) in [5, 5.41) is 18.9. The van der Waals surface area contributed by atoms with E-state index >= 15 is 0 Å². The van der Waals surface area contributed by atoms with Crippen LogP contribution in [0.1, 0.15) is 58.3 Å². The molecular formula is C16H34O2Sn. The molecular weight excluding hydrogens is 343 g/mol. The normalized spacial score (nSPS) is 15.9. The molecule has 0 aromatic heterocycles. The molecule has 0 saturated heterocycles. The Balaban J connectivity index is 3.61. The van der Waals surface area contributed by atoms with E-state index in [1.54, 1.807) is 0 Å². The van der Waals surface area contributed by atoms with E-state index in [1.807, 2.05) is 13.0 Å². The van der Waals surface area contributed by atoms with Crippen molar-refractivity contribution in [1.82, 2.24) is 0 Å². The molecule has 19 heavy (non-hydrogen) atoms. The smallest absolute Gasteiger partial charge is 0.396 e. The van der Waals surface area contributed by atoms with E-state index in [0.717, 1.165) is 25.7 Å². The van der Waals surface area contributed by atoms with E-state index in [1.165, 1.54) is 25.7 Å². The van der Waals surface area contributed by atoms with Crippen LogP contribution in [0.3, 0.4) is 0 Å². The van der Waals surface area contributed by atoms with Crippen molar-refractivity contribution in [2.24, 2.45) is 0 Å². The maximum absolute atomic E-state index is 10.3. The standard InChI is InChI=1S/C13H25O2.3CH3.Sn/c1-3-13(2,15)11-9-7-5-4-6-8-10-12-14;;;;/h1,3,14-15H,4-12H2,2H3;3*1H3;. The van der Waals surface area contributed by atoms with Gasteiger partial charge < -0.3 is 5.11 Å². The Labute approximate surface area is 124 Å². The van der Waals surface area contributed by atoms with Crippen molar-refractivity contribution in [1.29, 1.82) is 0 Å². The van der Waals surface area contributed by atoms with Crippen LogP contribution in [0.25, 0.3) is 0 Å². The first-order chi connectivity index (χ1) is 8.77. The minimum absolute atomic E-state index is 0.327. The molecule has 1 atom stereocenters. The topological polar surface area (TPSA) is 40.5 Å². The van der Waals surface area contributed by atoms with Crippen LogP contribution in [-0.2, 0) is 0 Å². The third kappa shape index (κ3) is 14.7. The molecule has 0 heterocycles. The molecule has 0 aliphatic carbocycles. The molecule has 0 saturated carbocycles. The quantitative estimate of drug-likeness (QED) is 0.417. The van der Waals surface area contributed by atoms with Crippen LogP contribution in [0, 0.1) is 0 Å². The van der Waals surface area contributed by atoms with Gasteiger partial charge in [-0.15, -0.1) is 0 Å². The Kier molecular flexibility index (Phi) is 10.5. The summed E-state index contributed by atoms with van der Waals surface area (Å²) in [5.74, 6) is 0. The van der Waals surface area contributed by atoms with Gasteiger partial charge in [0.1, 0.15) is 0 Å². The fraction of sp³-hybridized carbons (Fsp3) is 0.875. The van der Waals surface area contributed by atoms with Crippen molar-refractivity contribution in [3.05, 3.63) is 10.2 Å². The summed E-state index contributed by atoms with van der Waals surface area (Å²) in [6.45, 7) is 2.26. The van der Waals surface area contributed by atoms with Crippen LogP contribution < -0.4 is 0 Å². The van der Waals surface area contributed by atoms with Gasteiger partial charge in [-0.3, -0.25) is 0 Å². The minimum Gasteiger partial charge on any atom is -0.396 e. The van der Waals surface area contributed by atoms with Gasteiger partial charge in [-0.2, -0.15) is 0 Å². The van der Waals surface area contributed by atoms with E-state index in [-0.39, 0.29) is 0 Å². The van der Waals surface area contributed by atoms with Gasteiger partial charge in [-0.05, 0) is 0 Å². The molecule has 0 aromatic carbocycles. The van der Waals surface area contributed by atoms with Gasteiger partial charge in [-0.25, -0.2) is 0 Å². The first-order valence-electron chi connectivity index (χ1n) is 7.80. The monoisotopic (exact) mass is 378 g/mol. The van der Waals surface area contributed by atoms with E-state index in [2.05, 4.69) is 18.9 Å². The second-order valence-electron chi connectivity index (χ2n) is 7.01. The molecule has 0 aliphatic rings. The van der Waals surface area contributed by atoms with Gasteiger partial charge in [0.15, 0.2) is 0 Å². The SMILES string of the molecule is CC(O)(/C=[CH]/[Sn]([CH3])([CH3])[CH3])CCCCCCCCCO. The molecule has 1 unspecified atom stereocenters. The van der Waals surface area contributed by atoms with Crippen LogP contribution in [0.4, 0.5) is 0 Å². The molecule has 0 amide bonds. The van der Waals surface area contributed by atoms with Crippen LogP contribution in [0.15, 0.2) is 10.2 Å². The summed E-state index contributed by atoms with van der Waals surface area (Å²) < 4.78 is 2.31. The van der Waals surface area contributed by atoms with Crippen LogP contribution in [-0.4, -0.2) is 40.8 Å². The molecule has 2 nitrogen and oxygen atoms in total. The van der Waals surface area contributed by atoms with E-state index in [9.17, 15) is 5.11 Å². The summed E-state index contributed by atoms with van der Waals surface area (Å²) in [4.78, 5) is 7.06. The molecule has 0 aliphatic heterocycles. The number of aliphatic hydroxyl groups excluding tert-OH is 1. The van der Waals surface area contributed by atoms with E-state index in [0.29, 0.717) is 6.61 Å². The average molecular weight is 377 g/mol. The Morgan fingerprint density at radius 2 is 1.37 bits per heavy atom. The number of hydrogen-bond donors (Lipinski definition) is 2. The predicted octanol–water partition coefficient (Wildman–Crippen LogP) is 4.28. The first-order valence-corrected chi connectivity index (χ1v) is 18.0. The maximum atomic E-state index is 10.3. The van der Waals surface area contributed by atoms with Gasteiger partial charge in [0.05, 0.1) is 0 Å². The van der Waals surface area contributed by atoms with E-state index < -0.39 is 24.0 Å². The van der Waals surface area contributed by atoms with Crippen molar-refractivity contribution in [2.75, 3.05) is 6.61 Å². The van der Waals surface area contributed by atoms with Crippen molar-refractivity contribution < 1.29 is 10.2 Å². The van der Waals surface area contributed by atoms with Crippen molar-refractivity contribution in [3.8, 4) is 0 Å². The zero-order valence-corrected chi connectivity index (χ0v) is 16.3. The second-order valence-corrected chi connectivity index (χ2v) is 21.5. The van der Waals surface area contributed by atoms with Crippen LogP contribution >= 0.6 is 0 Å². The zero-order chi connectivity index (χ0) is 14.8. The number of unbranched alkanes of at least 4 members (excludes halogenated alkanes) is 6. The Morgan fingerprint density at radius 1 is 0.895 bits per heavy atom. The van der Waals surface area contributed by atoms with Gasteiger partial charge in [0, 0.05) is 0 Å². The first kappa shape index (κ1) is 19.5. The Morgan fingerprint density at radius 3 is 1.84 bits per heavy atom. The van der Waals surface area contributed by atoms with Gasteiger partial charge in [0.25, 0.3) is 0 Å². The summed E-state index contributed by atoms with van der Waals surface area (Å²) in [6, 6.07) is 0. The Bertz CT molecular complexity index is 242. The van der Waals surface area contributed by atoms with Gasteiger partial charge in [-0.1, -0.05) is 0 Å². The summed E-state index contributed by atoms with van der Waals surface area (Å²) in [7, 11) is 0. The molecule has 3 heteroatoms. The van der Waals surface area contributed by atoms with E-state index in [4.69, 9.17) is 5.11 Å². The molecule has 0 aromatic rings. The summed E-state index contributed by atoms with van der Waals surface area (Å²) >= 11 is -1.89. The summed E-state index contributed by atoms with van der Waals surface area (Å²) in [5.41, 5.74) is -0.610. The number of rotatable bonds is 11. The molecule has 114 valence electrons. The number of hydrogen-bond acceptors (Lipinski definition) is 2. The van der Waals surface area contributed by atoms with Crippen LogP contribution in [0.2, 0.25) is 14.8 Å². The molecule has 0 radical (unpaired) electrons. The predicted molar refractivity (Wildman–Crippen MR) is 87.1 cm³/mol. The Hall–Kier alpha value is 0.459. The molecule has 0 bridgehead atoms. The van der Waals surface area contributed by atoms with Gasteiger partial charge in [0.2, 0.25) is 0 Å². The third-order valence-electron chi connectivity index (χ3n) is 3.28. The average Bonchev–Trinajstić information content (AvgIpc) is 2.29. The molecule has 2 N–H and O–H groups in total. The van der Waals surface area contributed by atoms with Crippen molar-refractivity contribution in [3.63, 3.8) is 0 Å². The van der Waals surface area contributed by atoms with Crippen molar-refractivity contribution >= 4 is 18.4 Å². The van der Waals surface area contributed by atoms with Crippen molar-refractivity contribution in [2.45, 2.75) is 78.7 Å². The van der Waals surface area contributed by atoms with Crippen LogP contribution in [0.5, 0.6) is 0 Å². The zero-order valence-electron chi connectivity index (χ0n) is 13.4.